The van der Waals surface area contributed by atoms with E-state index >= 15 is 0 Å². The number of alkyl halides is 3. The van der Waals surface area contributed by atoms with Gasteiger partial charge in [-0.3, -0.25) is 15.1 Å². The second-order valence-corrected chi connectivity index (χ2v) is 10.1. The van der Waals surface area contributed by atoms with Gasteiger partial charge in [0.2, 0.25) is 0 Å². The van der Waals surface area contributed by atoms with Crippen molar-refractivity contribution in [2.45, 2.75) is 51.2 Å². The largest absolute Gasteiger partial charge is 0.465 e. The molecule has 3 aromatic rings. The number of thiazole rings is 1. The van der Waals surface area contributed by atoms with Crippen LogP contribution in [0, 0.1) is 0 Å². The van der Waals surface area contributed by atoms with E-state index in [0.717, 1.165) is 19.3 Å². The number of hydrogen-bond donors (Lipinski definition) is 3. The zero-order valence-electron chi connectivity index (χ0n) is 21.7. The van der Waals surface area contributed by atoms with Gasteiger partial charge in [-0.05, 0) is 31.9 Å². The summed E-state index contributed by atoms with van der Waals surface area (Å²) >= 11 is 0.587. The summed E-state index contributed by atoms with van der Waals surface area (Å²) in [5.74, 6) is -1.46. The van der Waals surface area contributed by atoms with Gasteiger partial charge < -0.3 is 15.4 Å². The van der Waals surface area contributed by atoms with Crippen LogP contribution >= 0.6 is 11.3 Å². The van der Waals surface area contributed by atoms with Gasteiger partial charge in [-0.15, -0.1) is 11.3 Å². The fourth-order valence-electron chi connectivity index (χ4n) is 4.35. The van der Waals surface area contributed by atoms with Gasteiger partial charge in [0.25, 0.3) is 5.91 Å². The van der Waals surface area contributed by atoms with Gasteiger partial charge in [-0.2, -0.15) is 13.2 Å². The van der Waals surface area contributed by atoms with E-state index in [1.165, 1.54) is 37.8 Å². The van der Waals surface area contributed by atoms with Crippen molar-refractivity contribution >= 4 is 35.1 Å². The molecule has 1 aliphatic carbocycles. The van der Waals surface area contributed by atoms with E-state index in [2.05, 4.69) is 30.9 Å². The van der Waals surface area contributed by atoms with Crippen LogP contribution in [-0.2, 0) is 10.9 Å². The second-order valence-electron chi connectivity index (χ2n) is 9.06. The van der Waals surface area contributed by atoms with E-state index in [1.807, 2.05) is 0 Å². The molecule has 0 saturated heterocycles. The third-order valence-electron chi connectivity index (χ3n) is 6.23. The molecule has 10 nitrogen and oxygen atoms in total. The SMILES string of the molecule is CCNC(=O)Nc1cc(-c2nc(C(F)(F)F)c(C(=O)NC3CCCCC3)s2)c(-c2cncc(C(=O)OC)c2)cn1. The van der Waals surface area contributed by atoms with Crippen LogP contribution in [0.5, 0.6) is 0 Å². The molecule has 1 saturated carbocycles. The molecule has 1 aliphatic rings. The molecule has 0 spiro atoms. The highest BCUT2D eigenvalue weighted by Crippen LogP contribution is 2.41. The normalized spacial score (nSPS) is 13.9. The van der Waals surface area contributed by atoms with E-state index in [-0.39, 0.29) is 33.6 Å². The van der Waals surface area contributed by atoms with Crippen molar-refractivity contribution in [1.82, 2.24) is 25.6 Å². The molecule has 212 valence electrons. The number of pyridine rings is 2. The van der Waals surface area contributed by atoms with Crippen molar-refractivity contribution in [3.05, 3.63) is 46.9 Å². The Morgan fingerprint density at radius 1 is 1.07 bits per heavy atom. The average Bonchev–Trinajstić information content (AvgIpc) is 3.40. The molecule has 0 aromatic carbocycles. The molecule has 3 heterocycles. The minimum absolute atomic E-state index is 0.0405. The van der Waals surface area contributed by atoms with Crippen molar-refractivity contribution in [3.8, 4) is 21.7 Å². The highest BCUT2D eigenvalue weighted by molar-refractivity contribution is 7.17. The Labute approximate surface area is 231 Å². The number of anilines is 1. The topological polar surface area (TPSA) is 135 Å². The number of aromatic nitrogens is 3. The summed E-state index contributed by atoms with van der Waals surface area (Å²) in [5.41, 5.74) is -0.424. The highest BCUT2D eigenvalue weighted by Gasteiger charge is 2.40. The summed E-state index contributed by atoms with van der Waals surface area (Å²) in [6.07, 6.45) is 3.33. The maximum absolute atomic E-state index is 14.1. The fraction of sp³-hybridized carbons (Fsp3) is 0.385. The van der Waals surface area contributed by atoms with E-state index in [0.29, 0.717) is 36.3 Å². The zero-order valence-corrected chi connectivity index (χ0v) is 22.5. The van der Waals surface area contributed by atoms with Crippen LogP contribution in [0.15, 0.2) is 30.7 Å². The number of methoxy groups -OCH3 is 1. The molecule has 4 rings (SSSR count). The lowest BCUT2D eigenvalue weighted by Gasteiger charge is -2.22. The number of nitrogens with one attached hydrogen (secondary N) is 3. The molecule has 0 atom stereocenters. The predicted octanol–water partition coefficient (Wildman–Crippen LogP) is 5.28. The Morgan fingerprint density at radius 3 is 2.50 bits per heavy atom. The second kappa shape index (κ2) is 12.4. The molecule has 3 N–H and O–H groups in total. The Balaban J connectivity index is 1.82. The first kappa shape index (κ1) is 28.9. The minimum Gasteiger partial charge on any atom is -0.465 e. The molecule has 3 amide bonds. The van der Waals surface area contributed by atoms with E-state index in [4.69, 9.17) is 4.74 Å². The zero-order chi connectivity index (χ0) is 28.9. The Morgan fingerprint density at radius 2 is 1.82 bits per heavy atom. The van der Waals surface area contributed by atoms with Crippen molar-refractivity contribution in [1.29, 1.82) is 0 Å². The number of carbonyl (C=O) groups excluding carboxylic acids is 3. The van der Waals surface area contributed by atoms with Gasteiger partial charge in [-0.25, -0.2) is 19.6 Å². The molecule has 1 fully saturated rings. The standard InChI is InChI=1S/C26H27F3N6O4S/c1-3-31-25(38)34-19-10-17(18(13-32-19)14-9-15(12-30-11-14)24(37)39-2)23-35-21(26(27,28)29)20(40-23)22(36)33-16-7-5-4-6-8-16/h9-13,16H,3-8H2,1-2H3,(H,33,36)(H2,31,32,34,38). The van der Waals surface area contributed by atoms with Crippen LogP contribution in [0.3, 0.4) is 0 Å². The number of carbonyl (C=O) groups is 3. The third-order valence-corrected chi connectivity index (χ3v) is 7.31. The molecule has 0 aliphatic heterocycles. The van der Waals surface area contributed by atoms with Crippen molar-refractivity contribution in [2.75, 3.05) is 19.0 Å². The molecule has 0 radical (unpaired) electrons. The van der Waals surface area contributed by atoms with E-state index < -0.39 is 34.7 Å². The Bertz CT molecular complexity index is 1410. The predicted molar refractivity (Wildman–Crippen MR) is 142 cm³/mol. The summed E-state index contributed by atoms with van der Waals surface area (Å²) in [6.45, 7) is 2.06. The van der Waals surface area contributed by atoms with Crippen LogP contribution in [0.4, 0.5) is 23.8 Å². The van der Waals surface area contributed by atoms with Gasteiger partial charge in [0.05, 0.1) is 12.7 Å². The van der Waals surface area contributed by atoms with Crippen LogP contribution in [0.25, 0.3) is 21.7 Å². The minimum atomic E-state index is -4.89. The van der Waals surface area contributed by atoms with Gasteiger partial charge in [0.1, 0.15) is 15.7 Å². The molecule has 0 bridgehead atoms. The summed E-state index contributed by atoms with van der Waals surface area (Å²) in [7, 11) is 1.21. The monoisotopic (exact) mass is 576 g/mol. The summed E-state index contributed by atoms with van der Waals surface area (Å²) in [5, 5.41) is 7.67. The van der Waals surface area contributed by atoms with Gasteiger partial charge in [-0.1, -0.05) is 19.3 Å². The number of rotatable bonds is 7. The lowest BCUT2D eigenvalue weighted by Crippen LogP contribution is -2.36. The number of urea groups is 1. The van der Waals surface area contributed by atoms with Crippen LogP contribution in [-0.4, -0.2) is 52.6 Å². The third kappa shape index (κ3) is 6.73. The molecular weight excluding hydrogens is 549 g/mol. The summed E-state index contributed by atoms with van der Waals surface area (Å²) < 4.78 is 47.0. The summed E-state index contributed by atoms with van der Waals surface area (Å²) in [4.78, 5) is 48.7. The molecule has 3 aromatic heterocycles. The van der Waals surface area contributed by atoms with Crippen molar-refractivity contribution < 1.29 is 32.3 Å². The maximum Gasteiger partial charge on any atom is 0.435 e. The lowest BCUT2D eigenvalue weighted by molar-refractivity contribution is -0.141. The van der Waals surface area contributed by atoms with Crippen LogP contribution < -0.4 is 16.0 Å². The van der Waals surface area contributed by atoms with E-state index in [1.54, 1.807) is 6.92 Å². The number of esters is 1. The number of hydrogen-bond acceptors (Lipinski definition) is 8. The smallest absolute Gasteiger partial charge is 0.435 e. The molecule has 14 heteroatoms. The number of nitrogens with zero attached hydrogens (tertiary/aromatic N) is 3. The maximum atomic E-state index is 14.1. The van der Waals surface area contributed by atoms with Crippen LogP contribution in [0.2, 0.25) is 0 Å². The lowest BCUT2D eigenvalue weighted by atomic mass is 9.95. The first-order valence-corrected chi connectivity index (χ1v) is 13.4. The van der Waals surface area contributed by atoms with Gasteiger partial charge in [0.15, 0.2) is 5.69 Å². The Hall–Kier alpha value is -4.07. The van der Waals surface area contributed by atoms with E-state index in [9.17, 15) is 27.6 Å². The molecule has 0 unspecified atom stereocenters. The Kier molecular flexibility index (Phi) is 8.97. The van der Waals surface area contributed by atoms with Gasteiger partial charge in [0, 0.05) is 47.9 Å². The first-order valence-electron chi connectivity index (χ1n) is 12.6. The fourth-order valence-corrected chi connectivity index (χ4v) is 5.37. The average molecular weight is 577 g/mol. The summed E-state index contributed by atoms with van der Waals surface area (Å²) in [6, 6.07) is 2.04. The number of halogens is 3. The van der Waals surface area contributed by atoms with Crippen molar-refractivity contribution in [2.24, 2.45) is 0 Å². The quantitative estimate of drug-likeness (QED) is 0.326. The number of ether oxygens (including phenoxy) is 1. The first-order chi connectivity index (χ1) is 19.1. The molecular formula is C26H27F3N6O4S. The van der Waals surface area contributed by atoms with Gasteiger partial charge >= 0.3 is 18.2 Å². The highest BCUT2D eigenvalue weighted by atomic mass is 32.1. The van der Waals surface area contributed by atoms with Crippen molar-refractivity contribution in [3.63, 3.8) is 0 Å². The van der Waals surface area contributed by atoms with Crippen LogP contribution in [0.1, 0.15) is 64.8 Å². The number of amides is 3. The molecule has 40 heavy (non-hydrogen) atoms.